The van der Waals surface area contributed by atoms with Crippen molar-refractivity contribution in [1.29, 1.82) is 0 Å². The molecule has 0 bridgehead atoms. The molecule has 0 atom stereocenters. The van der Waals surface area contributed by atoms with Crippen LogP contribution in [0.15, 0.2) is 36.4 Å². The number of hydrogen-bond donors (Lipinski definition) is 4. The second-order valence-corrected chi connectivity index (χ2v) is 4.91. The molecule has 2 aromatic carbocycles. The van der Waals surface area contributed by atoms with Gasteiger partial charge in [-0.25, -0.2) is 0 Å². The summed E-state index contributed by atoms with van der Waals surface area (Å²) in [5.74, 6) is 0.0398. The van der Waals surface area contributed by atoms with Crippen LogP contribution in [0.4, 0.5) is 22.7 Å². The summed E-state index contributed by atoms with van der Waals surface area (Å²) in [6.07, 6.45) is 0. The van der Waals surface area contributed by atoms with E-state index in [0.29, 0.717) is 24.5 Å². The molecule has 100 valence electrons. The van der Waals surface area contributed by atoms with Crippen LogP contribution in [-0.2, 0) is 0 Å². The van der Waals surface area contributed by atoms with Crippen molar-refractivity contribution >= 4 is 28.5 Å². The first-order valence-corrected chi connectivity index (χ1v) is 6.59. The Morgan fingerprint density at radius 1 is 0.700 bits per heavy atom. The van der Waals surface area contributed by atoms with Gasteiger partial charge >= 0.3 is 0 Å². The molecule has 0 spiro atoms. The van der Waals surface area contributed by atoms with Gasteiger partial charge in [0.25, 0.3) is 0 Å². The molecule has 20 heavy (non-hydrogen) atoms. The average molecular weight is 266 g/mol. The number of anilines is 4. The standard InChI is InChI=1S/C15H14N4O/c20-15(9-1-3-11-13(5-9)18-7-16-11)10-2-4-12-14(6-10)19-8-17-12/h1-6,16-19H,7-8H2. The molecular formula is C15H14N4O. The number of ketones is 1. The second kappa shape index (κ2) is 4.16. The molecule has 2 aliphatic heterocycles. The van der Waals surface area contributed by atoms with Crippen molar-refractivity contribution in [3.05, 3.63) is 47.5 Å². The van der Waals surface area contributed by atoms with Gasteiger partial charge in [0.05, 0.1) is 36.1 Å². The minimum Gasteiger partial charge on any atom is -0.366 e. The molecule has 5 nitrogen and oxygen atoms in total. The van der Waals surface area contributed by atoms with E-state index in [-0.39, 0.29) is 5.78 Å². The number of rotatable bonds is 2. The Bertz CT molecular complexity index is 652. The van der Waals surface area contributed by atoms with Crippen molar-refractivity contribution in [2.45, 2.75) is 0 Å². The van der Waals surface area contributed by atoms with Crippen molar-refractivity contribution in [2.24, 2.45) is 0 Å². The first-order chi connectivity index (χ1) is 9.81. The van der Waals surface area contributed by atoms with Gasteiger partial charge in [0, 0.05) is 11.1 Å². The molecule has 0 saturated carbocycles. The summed E-state index contributed by atoms with van der Waals surface area (Å²) in [4.78, 5) is 12.5. The Labute approximate surface area is 116 Å². The van der Waals surface area contributed by atoms with Crippen LogP contribution < -0.4 is 21.3 Å². The molecule has 0 aromatic heterocycles. The first-order valence-electron chi connectivity index (χ1n) is 6.59. The van der Waals surface area contributed by atoms with Crippen LogP contribution in [0.25, 0.3) is 0 Å². The largest absolute Gasteiger partial charge is 0.366 e. The SMILES string of the molecule is O=C(c1ccc2c(c1)NCN2)c1ccc2c(c1)NCN2. The number of benzene rings is 2. The third-order valence-electron chi connectivity index (χ3n) is 3.68. The van der Waals surface area contributed by atoms with Crippen LogP contribution in [0.1, 0.15) is 15.9 Å². The number of nitrogens with one attached hydrogen (secondary N) is 4. The Balaban J connectivity index is 1.70. The van der Waals surface area contributed by atoms with Gasteiger partial charge in [0.2, 0.25) is 0 Å². The lowest BCUT2D eigenvalue weighted by Gasteiger charge is -2.06. The van der Waals surface area contributed by atoms with Gasteiger partial charge in [0.15, 0.2) is 5.78 Å². The van der Waals surface area contributed by atoms with Crippen molar-refractivity contribution in [1.82, 2.24) is 0 Å². The van der Waals surface area contributed by atoms with E-state index in [4.69, 9.17) is 0 Å². The highest BCUT2D eigenvalue weighted by molar-refractivity contribution is 6.11. The summed E-state index contributed by atoms with van der Waals surface area (Å²) in [5, 5.41) is 12.8. The number of carbonyl (C=O) groups excluding carboxylic acids is 1. The zero-order chi connectivity index (χ0) is 13.5. The van der Waals surface area contributed by atoms with Crippen LogP contribution in [0, 0.1) is 0 Å². The van der Waals surface area contributed by atoms with Crippen molar-refractivity contribution in [2.75, 3.05) is 34.6 Å². The molecule has 4 N–H and O–H groups in total. The maximum absolute atomic E-state index is 12.5. The highest BCUT2D eigenvalue weighted by Crippen LogP contribution is 2.30. The molecule has 0 fully saturated rings. The van der Waals surface area contributed by atoms with Gasteiger partial charge in [-0.2, -0.15) is 0 Å². The Morgan fingerprint density at radius 3 is 1.65 bits per heavy atom. The summed E-state index contributed by atoms with van der Waals surface area (Å²) in [5.41, 5.74) is 5.45. The van der Waals surface area contributed by atoms with E-state index in [0.717, 1.165) is 22.7 Å². The van der Waals surface area contributed by atoms with Crippen molar-refractivity contribution < 1.29 is 4.79 Å². The minimum absolute atomic E-state index is 0.0398. The van der Waals surface area contributed by atoms with Gasteiger partial charge in [-0.1, -0.05) is 0 Å². The van der Waals surface area contributed by atoms with E-state index in [1.54, 1.807) is 0 Å². The first kappa shape index (κ1) is 11.2. The highest BCUT2D eigenvalue weighted by atomic mass is 16.1. The number of carbonyl (C=O) groups is 1. The summed E-state index contributed by atoms with van der Waals surface area (Å²) >= 11 is 0. The zero-order valence-corrected chi connectivity index (χ0v) is 10.8. The fourth-order valence-corrected chi connectivity index (χ4v) is 2.61. The molecule has 4 rings (SSSR count). The summed E-state index contributed by atoms with van der Waals surface area (Å²) in [6.45, 7) is 1.42. The van der Waals surface area contributed by atoms with E-state index in [2.05, 4.69) is 21.3 Å². The fourth-order valence-electron chi connectivity index (χ4n) is 2.61. The molecule has 2 aliphatic rings. The van der Waals surface area contributed by atoms with Crippen molar-refractivity contribution in [3.63, 3.8) is 0 Å². The molecule has 0 unspecified atom stereocenters. The number of fused-ring (bicyclic) bond motifs is 2. The lowest BCUT2D eigenvalue weighted by atomic mass is 10.0. The topological polar surface area (TPSA) is 65.2 Å². The zero-order valence-electron chi connectivity index (χ0n) is 10.8. The van der Waals surface area contributed by atoms with Gasteiger partial charge in [-0.05, 0) is 36.4 Å². The fraction of sp³-hybridized carbons (Fsp3) is 0.133. The maximum atomic E-state index is 12.5. The Hall–Kier alpha value is -2.69. The molecule has 0 aliphatic carbocycles. The molecule has 0 amide bonds. The van der Waals surface area contributed by atoms with E-state index in [1.807, 2.05) is 36.4 Å². The maximum Gasteiger partial charge on any atom is 0.193 e. The van der Waals surface area contributed by atoms with Crippen LogP contribution in [0.3, 0.4) is 0 Å². The third-order valence-corrected chi connectivity index (χ3v) is 3.68. The second-order valence-electron chi connectivity index (χ2n) is 4.91. The Kier molecular flexibility index (Phi) is 2.32. The smallest absolute Gasteiger partial charge is 0.193 e. The molecule has 2 heterocycles. The summed E-state index contributed by atoms with van der Waals surface area (Å²) < 4.78 is 0. The predicted octanol–water partition coefficient (Wildman–Crippen LogP) is 2.51. The molecule has 0 saturated heterocycles. The monoisotopic (exact) mass is 266 g/mol. The van der Waals surface area contributed by atoms with Crippen LogP contribution >= 0.6 is 0 Å². The molecule has 0 radical (unpaired) electrons. The highest BCUT2D eigenvalue weighted by Gasteiger charge is 2.16. The summed E-state index contributed by atoms with van der Waals surface area (Å²) in [7, 11) is 0. The third kappa shape index (κ3) is 1.67. The van der Waals surface area contributed by atoms with E-state index in [9.17, 15) is 4.79 Å². The van der Waals surface area contributed by atoms with Crippen LogP contribution in [0.5, 0.6) is 0 Å². The van der Waals surface area contributed by atoms with Crippen LogP contribution in [0.2, 0.25) is 0 Å². The number of hydrogen-bond acceptors (Lipinski definition) is 5. The van der Waals surface area contributed by atoms with Crippen molar-refractivity contribution in [3.8, 4) is 0 Å². The Morgan fingerprint density at radius 2 is 1.15 bits per heavy atom. The average Bonchev–Trinajstić information content (AvgIpc) is 3.13. The minimum atomic E-state index is 0.0398. The normalized spacial score (nSPS) is 14.4. The summed E-state index contributed by atoms with van der Waals surface area (Å²) in [6, 6.07) is 11.4. The van der Waals surface area contributed by atoms with Gasteiger partial charge in [-0.15, -0.1) is 0 Å². The lowest BCUT2D eigenvalue weighted by Crippen LogP contribution is -2.02. The molecular weight excluding hydrogens is 252 g/mol. The van der Waals surface area contributed by atoms with Crippen LogP contribution in [-0.4, -0.2) is 19.1 Å². The predicted molar refractivity (Wildman–Crippen MR) is 80.5 cm³/mol. The van der Waals surface area contributed by atoms with E-state index >= 15 is 0 Å². The molecule has 5 heteroatoms. The van der Waals surface area contributed by atoms with Gasteiger partial charge in [-0.3, -0.25) is 4.79 Å². The molecule has 2 aromatic rings. The van der Waals surface area contributed by atoms with E-state index in [1.165, 1.54) is 0 Å². The van der Waals surface area contributed by atoms with Gasteiger partial charge < -0.3 is 21.3 Å². The lowest BCUT2D eigenvalue weighted by molar-refractivity contribution is 0.103. The quantitative estimate of drug-likeness (QED) is 0.629. The van der Waals surface area contributed by atoms with Gasteiger partial charge in [0.1, 0.15) is 0 Å². The van der Waals surface area contributed by atoms with E-state index < -0.39 is 0 Å².